The molecule has 17 heteroatoms. The molecule has 0 aliphatic rings. The van der Waals surface area contributed by atoms with E-state index in [0.29, 0.717) is 0 Å². The molecule has 0 bridgehead atoms. The van der Waals surface area contributed by atoms with E-state index in [9.17, 15) is 44.4 Å². The highest BCUT2D eigenvalue weighted by Gasteiger charge is 2.27. The van der Waals surface area contributed by atoms with E-state index in [4.69, 9.17) is 14.3 Å². The SMILES string of the molecule is Cc1c(-c2coc3cc(O)c(O)c(C(=O)OCc4cn(CC(=O)NCC(=O)O)nn4)c3c2=O)c(=O)[nH]c2cc(O)c(O)cc12. The van der Waals surface area contributed by atoms with Gasteiger partial charge in [-0.3, -0.25) is 19.2 Å². The summed E-state index contributed by atoms with van der Waals surface area (Å²) in [5, 5.41) is 58.5. The number of carboxylic acids is 1. The van der Waals surface area contributed by atoms with Crippen molar-refractivity contribution in [3.63, 3.8) is 0 Å². The van der Waals surface area contributed by atoms with Gasteiger partial charge in [0.05, 0.1) is 28.2 Å². The fraction of sp³-hybridized carbons (Fsp3) is 0.148. The number of phenols is 4. The van der Waals surface area contributed by atoms with Gasteiger partial charge in [0.1, 0.15) is 42.8 Å². The first-order chi connectivity index (χ1) is 20.8. The second-order valence-electron chi connectivity index (χ2n) is 9.47. The molecule has 5 aromatic rings. The number of aromatic hydroxyl groups is 4. The Bertz CT molecular complexity index is 2130. The molecule has 5 rings (SSSR count). The van der Waals surface area contributed by atoms with Crippen molar-refractivity contribution >= 4 is 39.7 Å². The average Bonchev–Trinajstić information content (AvgIpc) is 3.41. The van der Waals surface area contributed by atoms with Crippen LogP contribution in [0.4, 0.5) is 0 Å². The number of carbonyl (C=O) groups excluding carboxylic acids is 2. The number of aromatic amines is 1. The summed E-state index contributed by atoms with van der Waals surface area (Å²) in [5.41, 5.74) is -2.89. The summed E-state index contributed by atoms with van der Waals surface area (Å²) in [4.78, 5) is 64.8. The zero-order valence-electron chi connectivity index (χ0n) is 22.4. The lowest BCUT2D eigenvalue weighted by Gasteiger charge is -2.12. The number of phenolic OH excluding ortho intramolecular Hbond substituents is 4. The van der Waals surface area contributed by atoms with E-state index >= 15 is 0 Å². The fourth-order valence-electron chi connectivity index (χ4n) is 4.51. The zero-order valence-corrected chi connectivity index (χ0v) is 22.4. The monoisotopic (exact) mass is 607 g/mol. The number of aliphatic carboxylic acids is 1. The molecule has 7 N–H and O–H groups in total. The van der Waals surface area contributed by atoms with E-state index in [2.05, 4.69) is 20.6 Å². The zero-order chi connectivity index (χ0) is 31.9. The van der Waals surface area contributed by atoms with Gasteiger partial charge < -0.3 is 45.0 Å². The van der Waals surface area contributed by atoms with Crippen LogP contribution in [0, 0.1) is 6.92 Å². The smallest absolute Gasteiger partial charge is 0.343 e. The molecule has 0 saturated carbocycles. The van der Waals surface area contributed by atoms with Gasteiger partial charge in [-0.15, -0.1) is 5.10 Å². The molecule has 0 aliphatic heterocycles. The third-order valence-electron chi connectivity index (χ3n) is 6.54. The number of carboxylic acid groups (broad SMARTS) is 1. The lowest BCUT2D eigenvalue weighted by atomic mass is 9.97. The minimum Gasteiger partial charge on any atom is -0.504 e. The van der Waals surface area contributed by atoms with Crippen LogP contribution >= 0.6 is 0 Å². The van der Waals surface area contributed by atoms with Crippen molar-refractivity contribution in [2.45, 2.75) is 20.1 Å². The minimum atomic E-state index is -1.29. The molecule has 226 valence electrons. The number of H-pyrrole nitrogens is 1. The number of hydrogen-bond donors (Lipinski definition) is 7. The maximum absolute atomic E-state index is 13.8. The Kier molecular flexibility index (Phi) is 7.36. The Hall–Kier alpha value is -6.39. The van der Waals surface area contributed by atoms with E-state index in [1.807, 2.05) is 0 Å². The number of fused-ring (bicyclic) bond motifs is 2. The molecule has 3 heterocycles. The van der Waals surface area contributed by atoms with Crippen LogP contribution in [-0.2, 0) is 27.5 Å². The molecule has 1 amide bonds. The Labute approximate surface area is 243 Å². The van der Waals surface area contributed by atoms with E-state index in [-0.39, 0.29) is 45.4 Å². The molecule has 17 nitrogen and oxygen atoms in total. The van der Waals surface area contributed by atoms with Gasteiger partial charge in [0.15, 0.2) is 23.0 Å². The predicted octanol–water partition coefficient (Wildman–Crippen LogP) is 0.582. The van der Waals surface area contributed by atoms with Gasteiger partial charge in [-0.25, -0.2) is 9.48 Å². The number of benzene rings is 2. The van der Waals surface area contributed by atoms with Crippen LogP contribution in [0.3, 0.4) is 0 Å². The summed E-state index contributed by atoms with van der Waals surface area (Å²) in [6.45, 7) is -0.0569. The Morgan fingerprint density at radius 2 is 1.80 bits per heavy atom. The third kappa shape index (κ3) is 5.31. The molecule has 0 spiro atoms. The second kappa shape index (κ2) is 11.1. The number of hydrogen-bond acceptors (Lipinski definition) is 13. The fourth-order valence-corrected chi connectivity index (χ4v) is 4.51. The van der Waals surface area contributed by atoms with E-state index in [1.165, 1.54) is 19.2 Å². The third-order valence-corrected chi connectivity index (χ3v) is 6.54. The van der Waals surface area contributed by atoms with Crippen molar-refractivity contribution in [2.75, 3.05) is 6.54 Å². The van der Waals surface area contributed by atoms with Gasteiger partial charge in [-0.1, -0.05) is 5.21 Å². The summed E-state index contributed by atoms with van der Waals surface area (Å²) in [6, 6.07) is 3.22. The summed E-state index contributed by atoms with van der Waals surface area (Å²) < 4.78 is 11.7. The molecular weight excluding hydrogens is 586 g/mol. The lowest BCUT2D eigenvalue weighted by Crippen LogP contribution is -2.32. The first-order valence-electron chi connectivity index (χ1n) is 12.5. The van der Waals surface area contributed by atoms with Gasteiger partial charge in [0.2, 0.25) is 11.3 Å². The highest BCUT2D eigenvalue weighted by Crippen LogP contribution is 2.37. The number of amides is 1. The number of rotatable bonds is 8. The van der Waals surface area contributed by atoms with Gasteiger partial charge in [0.25, 0.3) is 5.56 Å². The van der Waals surface area contributed by atoms with Gasteiger partial charge in [-0.05, 0) is 18.6 Å². The van der Waals surface area contributed by atoms with Crippen molar-refractivity contribution in [3.8, 4) is 34.1 Å². The molecule has 0 unspecified atom stereocenters. The maximum atomic E-state index is 13.8. The van der Waals surface area contributed by atoms with Crippen LogP contribution in [0.1, 0.15) is 21.6 Å². The molecule has 0 radical (unpaired) electrons. The molecule has 44 heavy (non-hydrogen) atoms. The molecule has 0 saturated heterocycles. The molecule has 0 aliphatic carbocycles. The largest absolute Gasteiger partial charge is 0.504 e. The number of carbonyl (C=O) groups is 3. The standard InChI is InChI=1S/C27H21N5O12/c1-10-12-2-15(33)16(34)3-14(12)29-26(41)21(10)13-9-43-18-4-17(35)25(40)23(22(18)24(13)39)27(42)44-8-11-6-32(31-30-11)7-19(36)28-5-20(37)38/h2-4,6,9,33-35,40H,5,7-8H2,1H3,(H,28,36)(H,29,41)(H,37,38). The minimum absolute atomic E-state index is 0.0358. The molecule has 0 fully saturated rings. The number of nitrogens with one attached hydrogen (secondary N) is 2. The normalized spacial score (nSPS) is 11.1. The van der Waals surface area contributed by atoms with Crippen LogP contribution < -0.4 is 16.3 Å². The number of aryl methyl sites for hydroxylation is 1. The first kappa shape index (κ1) is 29.1. The number of nitrogens with zero attached hydrogens (tertiary/aromatic N) is 3. The maximum Gasteiger partial charge on any atom is 0.343 e. The van der Waals surface area contributed by atoms with Gasteiger partial charge in [-0.2, -0.15) is 0 Å². The van der Waals surface area contributed by atoms with Crippen molar-refractivity contribution in [1.29, 1.82) is 0 Å². The summed E-state index contributed by atoms with van der Waals surface area (Å²) in [6.07, 6.45) is 2.16. The number of pyridine rings is 1. The highest BCUT2D eigenvalue weighted by atomic mass is 16.5. The average molecular weight is 607 g/mol. The molecule has 0 atom stereocenters. The lowest BCUT2D eigenvalue weighted by molar-refractivity contribution is -0.138. The highest BCUT2D eigenvalue weighted by molar-refractivity contribution is 6.07. The van der Waals surface area contributed by atoms with Gasteiger partial charge >= 0.3 is 11.9 Å². The Balaban J connectivity index is 1.51. The second-order valence-corrected chi connectivity index (χ2v) is 9.47. The molecule has 2 aromatic carbocycles. The molecular formula is C27H21N5O12. The van der Waals surface area contributed by atoms with Crippen LogP contribution in [0.15, 0.2) is 44.7 Å². The number of aromatic nitrogens is 4. The first-order valence-corrected chi connectivity index (χ1v) is 12.5. The summed E-state index contributed by atoms with van der Waals surface area (Å²) in [5.74, 6) is -5.97. The molecule has 3 aromatic heterocycles. The number of ether oxygens (including phenoxy) is 1. The van der Waals surface area contributed by atoms with Crippen molar-refractivity contribution < 1.29 is 49.1 Å². The number of esters is 1. The van der Waals surface area contributed by atoms with Crippen molar-refractivity contribution in [2.24, 2.45) is 0 Å². The Morgan fingerprint density at radius 3 is 2.52 bits per heavy atom. The predicted molar refractivity (Wildman–Crippen MR) is 147 cm³/mol. The summed E-state index contributed by atoms with van der Waals surface area (Å²) in [7, 11) is 0. The van der Waals surface area contributed by atoms with Crippen LogP contribution in [0.5, 0.6) is 23.0 Å². The van der Waals surface area contributed by atoms with E-state index < -0.39 is 75.9 Å². The topological polar surface area (TPSA) is 267 Å². The van der Waals surface area contributed by atoms with Crippen molar-refractivity contribution in [3.05, 3.63) is 68.1 Å². The van der Waals surface area contributed by atoms with E-state index in [0.717, 1.165) is 23.1 Å². The van der Waals surface area contributed by atoms with Crippen molar-refractivity contribution in [1.82, 2.24) is 25.3 Å². The van der Waals surface area contributed by atoms with E-state index in [1.54, 1.807) is 0 Å². The summed E-state index contributed by atoms with van der Waals surface area (Å²) >= 11 is 0. The Morgan fingerprint density at radius 1 is 1.07 bits per heavy atom. The van der Waals surface area contributed by atoms with Crippen LogP contribution in [0.25, 0.3) is 33.0 Å². The van der Waals surface area contributed by atoms with Crippen LogP contribution in [-0.4, -0.2) is 69.9 Å². The van der Waals surface area contributed by atoms with Gasteiger partial charge in [0, 0.05) is 17.5 Å². The van der Waals surface area contributed by atoms with Crippen LogP contribution in [0.2, 0.25) is 0 Å². The quantitative estimate of drug-likeness (QED) is 0.0940.